The number of tetrazole rings is 1. The van der Waals surface area contributed by atoms with Gasteiger partial charge in [0.25, 0.3) is 0 Å². The van der Waals surface area contributed by atoms with Crippen LogP contribution in [-0.2, 0) is 14.6 Å². The van der Waals surface area contributed by atoms with E-state index in [1.165, 1.54) is 16.8 Å². The smallest absolute Gasteiger partial charge is 0.233 e. The van der Waals surface area contributed by atoms with Crippen molar-refractivity contribution in [3.05, 3.63) is 30.1 Å². The van der Waals surface area contributed by atoms with Crippen molar-refractivity contribution < 1.29 is 17.6 Å². The lowest BCUT2D eigenvalue weighted by Gasteiger charge is -2.28. The molecule has 1 aromatic heterocycles. The molecule has 1 aromatic carbocycles. The summed E-state index contributed by atoms with van der Waals surface area (Å²) >= 11 is 1.16. The Hall–Kier alpha value is -2.01. The molecule has 0 N–H and O–H groups in total. The summed E-state index contributed by atoms with van der Waals surface area (Å²) in [6.07, 6.45) is 2.32. The third-order valence-electron chi connectivity index (χ3n) is 4.65. The molecule has 2 aromatic rings. The lowest BCUT2D eigenvalue weighted by atomic mass is 10.2. The highest BCUT2D eigenvalue weighted by molar-refractivity contribution is 7.99. The van der Waals surface area contributed by atoms with Crippen molar-refractivity contribution in [1.29, 1.82) is 0 Å². The number of aromatic nitrogens is 4. The number of amides is 1. The molecule has 11 heteroatoms. The molecule has 1 aliphatic heterocycles. The first-order chi connectivity index (χ1) is 12.9. The Balaban J connectivity index is 1.46. The van der Waals surface area contributed by atoms with Crippen LogP contribution in [0.5, 0.6) is 0 Å². The van der Waals surface area contributed by atoms with Crippen LogP contribution in [0.4, 0.5) is 4.39 Å². The van der Waals surface area contributed by atoms with E-state index in [0.717, 1.165) is 24.6 Å². The summed E-state index contributed by atoms with van der Waals surface area (Å²) in [6, 6.07) is 5.76. The van der Waals surface area contributed by atoms with Crippen molar-refractivity contribution in [3.63, 3.8) is 0 Å². The minimum absolute atomic E-state index is 0.0426. The number of carbonyl (C=O) groups excluding carboxylic acids is 1. The maximum atomic E-state index is 13.4. The first kappa shape index (κ1) is 18.4. The molecule has 2 heterocycles. The van der Waals surface area contributed by atoms with Gasteiger partial charge in [0.2, 0.25) is 11.1 Å². The van der Waals surface area contributed by atoms with Gasteiger partial charge in [0.1, 0.15) is 5.82 Å². The van der Waals surface area contributed by atoms with Gasteiger partial charge in [0, 0.05) is 12.1 Å². The average Bonchev–Trinajstić information content (AvgIpc) is 3.22. The second-order valence-electron chi connectivity index (χ2n) is 6.73. The highest BCUT2D eigenvalue weighted by Crippen LogP contribution is 2.33. The molecule has 144 valence electrons. The Morgan fingerprint density at radius 1 is 1.30 bits per heavy atom. The third kappa shape index (κ3) is 4.13. The van der Waals surface area contributed by atoms with Crippen molar-refractivity contribution in [2.24, 2.45) is 0 Å². The van der Waals surface area contributed by atoms with Crippen LogP contribution in [0.3, 0.4) is 0 Å². The maximum absolute atomic E-state index is 13.4. The lowest BCUT2D eigenvalue weighted by molar-refractivity contribution is -0.130. The predicted molar refractivity (Wildman–Crippen MR) is 96.8 cm³/mol. The third-order valence-corrected chi connectivity index (χ3v) is 7.30. The Morgan fingerprint density at radius 2 is 2.11 bits per heavy atom. The molecular formula is C16H18FN5O3S2. The van der Waals surface area contributed by atoms with Crippen LogP contribution in [-0.4, -0.2) is 68.8 Å². The first-order valence-electron chi connectivity index (χ1n) is 8.62. The van der Waals surface area contributed by atoms with E-state index < -0.39 is 15.7 Å². The van der Waals surface area contributed by atoms with E-state index in [1.807, 2.05) is 0 Å². The molecule has 4 rings (SSSR count). The molecule has 8 nitrogen and oxygen atoms in total. The monoisotopic (exact) mass is 411 g/mol. The normalized spacial score (nSPS) is 21.3. The molecule has 27 heavy (non-hydrogen) atoms. The van der Waals surface area contributed by atoms with E-state index in [2.05, 4.69) is 15.5 Å². The number of sulfone groups is 1. The van der Waals surface area contributed by atoms with Crippen LogP contribution in [0.25, 0.3) is 5.69 Å². The van der Waals surface area contributed by atoms with Gasteiger partial charge < -0.3 is 4.90 Å². The van der Waals surface area contributed by atoms with Crippen molar-refractivity contribution in [2.75, 3.05) is 17.3 Å². The Labute approximate surface area is 160 Å². The lowest BCUT2D eigenvalue weighted by Crippen LogP contribution is -2.43. The summed E-state index contributed by atoms with van der Waals surface area (Å²) in [4.78, 5) is 14.5. The number of rotatable bonds is 6. The fraction of sp³-hybridized carbons (Fsp3) is 0.500. The maximum Gasteiger partial charge on any atom is 0.233 e. The van der Waals surface area contributed by atoms with Crippen LogP contribution in [0.15, 0.2) is 29.4 Å². The second-order valence-corrected chi connectivity index (χ2v) is 9.90. The molecular weight excluding hydrogens is 393 g/mol. The summed E-state index contributed by atoms with van der Waals surface area (Å²) < 4.78 is 38.4. The number of carbonyl (C=O) groups is 1. The van der Waals surface area contributed by atoms with Gasteiger partial charge in [0.05, 0.1) is 22.9 Å². The van der Waals surface area contributed by atoms with Crippen molar-refractivity contribution in [2.45, 2.75) is 36.5 Å². The number of halogens is 1. The molecule has 0 unspecified atom stereocenters. The van der Waals surface area contributed by atoms with E-state index in [1.54, 1.807) is 17.0 Å². The zero-order valence-electron chi connectivity index (χ0n) is 14.4. The van der Waals surface area contributed by atoms with Gasteiger partial charge in [0.15, 0.2) is 9.84 Å². The summed E-state index contributed by atoms with van der Waals surface area (Å²) in [5.74, 6) is -0.237. The summed E-state index contributed by atoms with van der Waals surface area (Å²) in [5.41, 5.74) is 0.468. The van der Waals surface area contributed by atoms with Gasteiger partial charge in [-0.1, -0.05) is 17.8 Å². The van der Waals surface area contributed by atoms with Crippen molar-refractivity contribution in [3.8, 4) is 5.69 Å². The predicted octanol–water partition coefficient (Wildman–Crippen LogP) is 1.07. The van der Waals surface area contributed by atoms with Crippen LogP contribution < -0.4 is 0 Å². The van der Waals surface area contributed by atoms with E-state index in [-0.39, 0.29) is 35.2 Å². The molecule has 0 bridgehead atoms. The van der Waals surface area contributed by atoms with E-state index in [0.29, 0.717) is 17.3 Å². The topological polar surface area (TPSA) is 98.1 Å². The second kappa shape index (κ2) is 7.19. The molecule has 2 fully saturated rings. The quantitative estimate of drug-likeness (QED) is 0.656. The Morgan fingerprint density at radius 3 is 2.78 bits per heavy atom. The van der Waals surface area contributed by atoms with E-state index in [9.17, 15) is 17.6 Å². The minimum Gasteiger partial charge on any atom is -0.335 e. The van der Waals surface area contributed by atoms with Crippen LogP contribution in [0.1, 0.15) is 19.3 Å². The first-order valence-corrected chi connectivity index (χ1v) is 11.4. The average molecular weight is 411 g/mol. The van der Waals surface area contributed by atoms with Gasteiger partial charge >= 0.3 is 0 Å². The van der Waals surface area contributed by atoms with Crippen LogP contribution in [0, 0.1) is 5.82 Å². The van der Waals surface area contributed by atoms with Crippen molar-refractivity contribution in [1.82, 2.24) is 25.1 Å². The van der Waals surface area contributed by atoms with Crippen LogP contribution in [0.2, 0.25) is 0 Å². The molecule has 1 saturated carbocycles. The van der Waals surface area contributed by atoms with Gasteiger partial charge in [-0.2, -0.15) is 4.68 Å². The van der Waals surface area contributed by atoms with E-state index >= 15 is 0 Å². The van der Waals surface area contributed by atoms with Gasteiger partial charge in [-0.3, -0.25) is 4.79 Å². The number of thioether (sulfide) groups is 1. The van der Waals surface area contributed by atoms with E-state index in [4.69, 9.17) is 0 Å². The Kier molecular flexibility index (Phi) is 4.89. The van der Waals surface area contributed by atoms with Crippen LogP contribution >= 0.6 is 11.8 Å². The number of hydrogen-bond acceptors (Lipinski definition) is 7. The van der Waals surface area contributed by atoms with Gasteiger partial charge in [-0.25, -0.2) is 12.8 Å². The minimum atomic E-state index is -3.06. The highest BCUT2D eigenvalue weighted by Gasteiger charge is 2.42. The van der Waals surface area contributed by atoms with Crippen molar-refractivity contribution >= 4 is 27.5 Å². The molecule has 1 atom stereocenters. The summed E-state index contributed by atoms with van der Waals surface area (Å²) in [5, 5.41) is 11.8. The Bertz CT molecular complexity index is 960. The number of benzene rings is 1. The highest BCUT2D eigenvalue weighted by atomic mass is 32.2. The fourth-order valence-corrected chi connectivity index (χ4v) is 5.76. The SMILES string of the molecule is O=C(CSc1nnnn1-c1cccc(F)c1)N(C1CC1)[C@@H]1CCS(=O)(=O)C1. The number of nitrogens with zero attached hydrogens (tertiary/aromatic N) is 5. The summed E-state index contributed by atoms with van der Waals surface area (Å²) in [6.45, 7) is 0. The standard InChI is InChI=1S/C16H18FN5O3S2/c17-11-2-1-3-13(8-11)22-16(18-19-20-22)26-9-15(23)21(12-4-5-12)14-6-7-27(24,25)10-14/h1-3,8,12,14H,4-7,9-10H2/t14-/m1/s1. The molecule has 1 amide bonds. The zero-order chi connectivity index (χ0) is 19.0. The largest absolute Gasteiger partial charge is 0.335 e. The fourth-order valence-electron chi connectivity index (χ4n) is 3.29. The van der Waals surface area contributed by atoms with Gasteiger partial charge in [-0.15, -0.1) is 5.10 Å². The molecule has 1 saturated heterocycles. The zero-order valence-corrected chi connectivity index (χ0v) is 16.0. The molecule has 1 aliphatic carbocycles. The summed E-state index contributed by atoms with van der Waals surface area (Å²) in [7, 11) is -3.06. The van der Waals surface area contributed by atoms with Gasteiger partial charge in [-0.05, 0) is 47.9 Å². The molecule has 0 radical (unpaired) electrons. The molecule has 2 aliphatic rings. The molecule has 0 spiro atoms. The number of hydrogen-bond donors (Lipinski definition) is 0.